The molecule has 1 amide bonds. The fraction of sp³-hybridized carbons (Fsp3) is 0.917. The normalized spacial score (nSPS) is 25.8. The Kier molecular flexibility index (Phi) is 5.13. The number of ether oxygens (including phenoxy) is 1. The molecule has 5 heteroatoms. The maximum atomic E-state index is 11.9. The van der Waals surface area contributed by atoms with Crippen molar-refractivity contribution in [3.63, 3.8) is 0 Å². The van der Waals surface area contributed by atoms with Gasteiger partial charge in [0.1, 0.15) is 5.60 Å². The van der Waals surface area contributed by atoms with Gasteiger partial charge in [-0.1, -0.05) is 0 Å². The summed E-state index contributed by atoms with van der Waals surface area (Å²) in [6, 6.07) is 0. The van der Waals surface area contributed by atoms with Crippen LogP contribution in [0.4, 0.5) is 4.79 Å². The van der Waals surface area contributed by atoms with Gasteiger partial charge in [-0.05, 0) is 39.2 Å². The van der Waals surface area contributed by atoms with Gasteiger partial charge < -0.3 is 14.7 Å². The first-order valence-corrected chi connectivity index (χ1v) is 7.38. The number of thioether (sulfide) groups is 1. The van der Waals surface area contributed by atoms with Crippen LogP contribution in [0.5, 0.6) is 0 Å². The lowest BCUT2D eigenvalue weighted by atomic mass is 9.97. The van der Waals surface area contributed by atoms with Crippen molar-refractivity contribution in [2.24, 2.45) is 5.92 Å². The van der Waals surface area contributed by atoms with E-state index in [0.717, 1.165) is 5.75 Å². The van der Waals surface area contributed by atoms with Crippen molar-refractivity contribution in [3.8, 4) is 0 Å². The number of nitrogens with zero attached hydrogens (tertiary/aromatic N) is 1. The minimum absolute atomic E-state index is 0.159. The molecule has 0 spiro atoms. The molecule has 100 valence electrons. The van der Waals surface area contributed by atoms with E-state index >= 15 is 0 Å². The molecule has 0 saturated carbocycles. The molecule has 2 atom stereocenters. The van der Waals surface area contributed by atoms with E-state index in [1.807, 2.05) is 27.0 Å². The van der Waals surface area contributed by atoms with Gasteiger partial charge in [0.15, 0.2) is 0 Å². The Labute approximate surface area is 108 Å². The van der Waals surface area contributed by atoms with Crippen molar-refractivity contribution in [2.45, 2.75) is 38.9 Å². The zero-order chi connectivity index (χ0) is 13.1. The molecule has 1 heterocycles. The molecule has 0 bridgehead atoms. The van der Waals surface area contributed by atoms with Crippen molar-refractivity contribution >= 4 is 17.9 Å². The number of hydrogen-bond donors (Lipinski definition) is 1. The number of piperidine rings is 1. The number of likely N-dealkylation sites (tertiary alicyclic amines) is 1. The zero-order valence-electron chi connectivity index (χ0n) is 11.1. The van der Waals surface area contributed by atoms with E-state index in [-0.39, 0.29) is 18.1 Å². The van der Waals surface area contributed by atoms with Crippen molar-refractivity contribution in [2.75, 3.05) is 25.1 Å². The van der Waals surface area contributed by atoms with Gasteiger partial charge in [-0.2, -0.15) is 11.8 Å². The van der Waals surface area contributed by atoms with E-state index in [4.69, 9.17) is 4.74 Å². The molecular weight excluding hydrogens is 238 g/mol. The van der Waals surface area contributed by atoms with Gasteiger partial charge in [-0.3, -0.25) is 0 Å². The van der Waals surface area contributed by atoms with Gasteiger partial charge in [-0.15, -0.1) is 0 Å². The molecule has 1 N–H and O–H groups in total. The third kappa shape index (κ3) is 4.76. The van der Waals surface area contributed by atoms with Gasteiger partial charge in [0.25, 0.3) is 0 Å². The Bertz CT molecular complexity index is 265. The Hall–Kier alpha value is -0.420. The van der Waals surface area contributed by atoms with Crippen LogP contribution in [0.3, 0.4) is 0 Å². The van der Waals surface area contributed by atoms with Crippen LogP contribution in [0, 0.1) is 5.92 Å². The first-order chi connectivity index (χ1) is 7.83. The second-order valence-corrected chi connectivity index (χ2v) is 6.41. The topological polar surface area (TPSA) is 49.8 Å². The summed E-state index contributed by atoms with van der Waals surface area (Å²) in [6.45, 7) is 6.77. The first kappa shape index (κ1) is 14.6. The Balaban J connectivity index is 2.52. The third-order valence-corrected chi connectivity index (χ3v) is 3.49. The molecule has 1 fully saturated rings. The summed E-state index contributed by atoms with van der Waals surface area (Å²) in [5.41, 5.74) is -0.456. The van der Waals surface area contributed by atoms with Crippen molar-refractivity contribution < 1.29 is 14.6 Å². The minimum atomic E-state index is -0.456. The van der Waals surface area contributed by atoms with Crippen molar-refractivity contribution in [1.29, 1.82) is 0 Å². The van der Waals surface area contributed by atoms with Crippen molar-refractivity contribution in [3.05, 3.63) is 0 Å². The highest BCUT2D eigenvalue weighted by Gasteiger charge is 2.32. The Morgan fingerprint density at radius 3 is 2.71 bits per heavy atom. The molecule has 2 unspecified atom stereocenters. The lowest BCUT2D eigenvalue weighted by molar-refractivity contribution is -0.00401. The van der Waals surface area contributed by atoms with Crippen LogP contribution >= 0.6 is 11.8 Å². The zero-order valence-corrected chi connectivity index (χ0v) is 11.9. The van der Waals surface area contributed by atoms with Gasteiger partial charge in [0, 0.05) is 19.0 Å². The lowest BCUT2D eigenvalue weighted by Gasteiger charge is -2.36. The Morgan fingerprint density at radius 1 is 1.53 bits per heavy atom. The largest absolute Gasteiger partial charge is 0.444 e. The van der Waals surface area contributed by atoms with Crippen LogP contribution < -0.4 is 0 Å². The second-order valence-electron chi connectivity index (χ2n) is 5.50. The SMILES string of the molecule is CSCC1CN(C(=O)OC(C)(C)C)CCC1O. The number of aliphatic hydroxyl groups is 1. The summed E-state index contributed by atoms with van der Waals surface area (Å²) in [4.78, 5) is 13.6. The van der Waals surface area contributed by atoms with E-state index in [9.17, 15) is 9.90 Å². The van der Waals surface area contributed by atoms with Gasteiger partial charge >= 0.3 is 6.09 Å². The summed E-state index contributed by atoms with van der Waals surface area (Å²) in [7, 11) is 0. The van der Waals surface area contributed by atoms with Gasteiger partial charge in [0.05, 0.1) is 6.10 Å². The number of rotatable bonds is 2. The smallest absolute Gasteiger partial charge is 0.410 e. The fourth-order valence-corrected chi connectivity index (χ4v) is 2.65. The molecule has 1 rings (SSSR count). The van der Waals surface area contributed by atoms with E-state index < -0.39 is 5.60 Å². The van der Waals surface area contributed by atoms with Gasteiger partial charge in [0.2, 0.25) is 0 Å². The molecule has 1 saturated heterocycles. The predicted molar refractivity (Wildman–Crippen MR) is 70.3 cm³/mol. The molecule has 0 radical (unpaired) electrons. The minimum Gasteiger partial charge on any atom is -0.444 e. The third-order valence-electron chi connectivity index (χ3n) is 2.73. The Morgan fingerprint density at radius 2 is 2.18 bits per heavy atom. The summed E-state index contributed by atoms with van der Waals surface area (Å²) in [5, 5.41) is 9.84. The summed E-state index contributed by atoms with van der Waals surface area (Å²) >= 11 is 1.70. The second kappa shape index (κ2) is 5.96. The first-order valence-electron chi connectivity index (χ1n) is 5.98. The maximum Gasteiger partial charge on any atom is 0.410 e. The number of hydrogen-bond acceptors (Lipinski definition) is 4. The predicted octanol–water partition coefficient (Wildman–Crippen LogP) is 1.97. The molecule has 1 aliphatic heterocycles. The standard InChI is InChI=1S/C12H23NO3S/c1-12(2,3)16-11(15)13-6-5-10(14)9(7-13)8-17-4/h9-10,14H,5-8H2,1-4H3. The van der Waals surface area contributed by atoms with Crippen LogP contribution in [-0.2, 0) is 4.74 Å². The fourth-order valence-electron chi connectivity index (χ4n) is 1.89. The highest BCUT2D eigenvalue weighted by Crippen LogP contribution is 2.22. The van der Waals surface area contributed by atoms with Crippen molar-refractivity contribution in [1.82, 2.24) is 4.90 Å². The van der Waals surface area contributed by atoms with Crippen LogP contribution in [0.1, 0.15) is 27.2 Å². The molecule has 0 aromatic heterocycles. The van der Waals surface area contributed by atoms with Gasteiger partial charge in [-0.25, -0.2) is 4.79 Å². The molecule has 1 aliphatic rings. The highest BCUT2D eigenvalue weighted by molar-refractivity contribution is 7.98. The molecule has 0 aromatic carbocycles. The average molecular weight is 261 g/mol. The maximum absolute atomic E-state index is 11.9. The summed E-state index contributed by atoms with van der Waals surface area (Å²) in [5.74, 6) is 1.03. The van der Waals surface area contributed by atoms with Crippen LogP contribution in [0.15, 0.2) is 0 Å². The van der Waals surface area contributed by atoms with E-state index in [1.54, 1.807) is 16.7 Å². The molecule has 0 aliphatic carbocycles. The quantitative estimate of drug-likeness (QED) is 0.825. The molecule has 4 nitrogen and oxygen atoms in total. The van der Waals surface area contributed by atoms with E-state index in [1.165, 1.54) is 0 Å². The number of aliphatic hydroxyl groups excluding tert-OH is 1. The number of carbonyl (C=O) groups is 1. The monoisotopic (exact) mass is 261 g/mol. The van der Waals surface area contributed by atoms with E-state index in [2.05, 4.69) is 0 Å². The molecular formula is C12H23NO3S. The number of amides is 1. The van der Waals surface area contributed by atoms with Crippen LogP contribution in [-0.4, -0.2) is 52.9 Å². The van der Waals surface area contributed by atoms with E-state index in [0.29, 0.717) is 19.5 Å². The number of carbonyl (C=O) groups excluding carboxylic acids is 1. The summed E-state index contributed by atoms with van der Waals surface area (Å²) < 4.78 is 5.34. The summed E-state index contributed by atoms with van der Waals surface area (Å²) in [6.07, 6.45) is 2.10. The molecule has 0 aromatic rings. The molecule has 17 heavy (non-hydrogen) atoms. The van der Waals surface area contributed by atoms with Crippen LogP contribution in [0.25, 0.3) is 0 Å². The average Bonchev–Trinajstić information content (AvgIpc) is 2.19. The highest BCUT2D eigenvalue weighted by atomic mass is 32.2. The lowest BCUT2D eigenvalue weighted by Crippen LogP contribution is -2.48. The van der Waals surface area contributed by atoms with Crippen LogP contribution in [0.2, 0.25) is 0 Å².